The highest BCUT2D eigenvalue weighted by Gasteiger charge is 2.15. The van der Waals surface area contributed by atoms with Gasteiger partial charge in [0, 0.05) is 13.1 Å². The number of ether oxygens (including phenoxy) is 1. The molecule has 0 bridgehead atoms. The van der Waals surface area contributed by atoms with Crippen LogP contribution in [0.25, 0.3) is 0 Å². The molecular formula is C5H9NO. The molecule has 0 aliphatic carbocycles. The first-order chi connectivity index (χ1) is 3.43. The fourth-order valence-electron chi connectivity index (χ4n) is 0.494. The van der Waals surface area contributed by atoms with E-state index < -0.39 is 0 Å². The van der Waals surface area contributed by atoms with Gasteiger partial charge in [-0.25, -0.2) is 0 Å². The maximum atomic E-state index is 4.98. The first-order valence-corrected chi connectivity index (χ1v) is 2.40. The molecule has 0 unspecified atom stereocenters. The Labute approximate surface area is 43.2 Å². The van der Waals surface area contributed by atoms with Crippen LogP contribution in [0.5, 0.6) is 0 Å². The van der Waals surface area contributed by atoms with Crippen LogP contribution in [0.1, 0.15) is 0 Å². The van der Waals surface area contributed by atoms with Crippen molar-refractivity contribution < 1.29 is 4.74 Å². The summed E-state index contributed by atoms with van der Waals surface area (Å²) < 4.78 is 4.98. The quantitative estimate of drug-likeness (QED) is 0.496. The van der Waals surface area contributed by atoms with Gasteiger partial charge in [0.25, 0.3) is 0 Å². The summed E-state index contributed by atoms with van der Waals surface area (Å²) in [6, 6.07) is 0. The Hall–Kier alpha value is -0.500. The molecule has 0 atom stereocenters. The van der Waals surface area contributed by atoms with Crippen molar-refractivity contribution in [2.75, 3.05) is 13.1 Å². The Bertz CT molecular complexity index is 68.5. The van der Waals surface area contributed by atoms with Gasteiger partial charge in [0.15, 0.2) is 0 Å². The Morgan fingerprint density at radius 3 is 2.57 bits per heavy atom. The van der Waals surface area contributed by atoms with E-state index in [1.54, 1.807) is 0 Å². The highest BCUT2D eigenvalue weighted by Crippen LogP contribution is 1.96. The highest BCUT2D eigenvalue weighted by atomic mass is 16.5. The maximum absolute atomic E-state index is 4.98. The van der Waals surface area contributed by atoms with Gasteiger partial charge in [-0.2, -0.15) is 0 Å². The van der Waals surface area contributed by atoms with Crippen LogP contribution >= 0.6 is 0 Å². The van der Waals surface area contributed by atoms with Crippen molar-refractivity contribution in [3.8, 4) is 0 Å². The molecule has 40 valence electrons. The van der Waals surface area contributed by atoms with Crippen LogP contribution in [0.3, 0.4) is 0 Å². The van der Waals surface area contributed by atoms with E-state index in [-0.39, 0.29) is 0 Å². The first-order valence-electron chi connectivity index (χ1n) is 2.40. The summed E-state index contributed by atoms with van der Waals surface area (Å²) in [5, 5.41) is 3.07. The molecule has 2 heteroatoms. The van der Waals surface area contributed by atoms with Crippen molar-refractivity contribution in [1.29, 1.82) is 0 Å². The Kier molecular flexibility index (Phi) is 1.32. The van der Waals surface area contributed by atoms with Crippen molar-refractivity contribution in [2.24, 2.45) is 0 Å². The lowest BCUT2D eigenvalue weighted by Crippen LogP contribution is -2.47. The van der Waals surface area contributed by atoms with Gasteiger partial charge in [-0.3, -0.25) is 0 Å². The Balaban J connectivity index is 2.03. The zero-order chi connectivity index (χ0) is 5.11. The number of nitrogens with one attached hydrogen (secondary N) is 1. The van der Waals surface area contributed by atoms with Crippen molar-refractivity contribution in [3.05, 3.63) is 12.8 Å². The smallest absolute Gasteiger partial charge is 0.122 e. The molecule has 1 fully saturated rings. The topological polar surface area (TPSA) is 21.3 Å². The van der Waals surface area contributed by atoms with Gasteiger partial charge in [-0.05, 0) is 0 Å². The van der Waals surface area contributed by atoms with E-state index >= 15 is 0 Å². The van der Waals surface area contributed by atoms with Gasteiger partial charge in [0.2, 0.25) is 0 Å². The third-order valence-electron chi connectivity index (χ3n) is 1.03. The van der Waals surface area contributed by atoms with E-state index in [1.807, 2.05) is 0 Å². The number of hydrogen-bond donors (Lipinski definition) is 1. The van der Waals surface area contributed by atoms with Gasteiger partial charge in [-0.15, -0.1) is 0 Å². The highest BCUT2D eigenvalue weighted by molar-refractivity contribution is 4.76. The molecule has 1 rings (SSSR count). The molecule has 0 radical (unpaired) electrons. The number of rotatable bonds is 2. The van der Waals surface area contributed by atoms with E-state index in [1.165, 1.54) is 6.26 Å². The van der Waals surface area contributed by atoms with Crippen molar-refractivity contribution in [1.82, 2.24) is 5.32 Å². The molecule has 0 aromatic rings. The monoisotopic (exact) mass is 99.1 g/mol. The predicted octanol–water partition coefficient (Wildman–Crippen LogP) is 0.118. The van der Waals surface area contributed by atoms with Crippen molar-refractivity contribution >= 4 is 0 Å². The minimum Gasteiger partial charge on any atom is -0.496 e. The van der Waals surface area contributed by atoms with Crippen molar-refractivity contribution in [3.63, 3.8) is 0 Å². The van der Waals surface area contributed by atoms with E-state index in [0.29, 0.717) is 6.10 Å². The summed E-state index contributed by atoms with van der Waals surface area (Å²) in [7, 11) is 0. The molecule has 1 heterocycles. The lowest BCUT2D eigenvalue weighted by Gasteiger charge is -2.25. The molecule has 0 spiro atoms. The Morgan fingerprint density at radius 1 is 1.71 bits per heavy atom. The van der Waals surface area contributed by atoms with Crippen LogP contribution in [-0.4, -0.2) is 19.2 Å². The van der Waals surface area contributed by atoms with Crippen LogP contribution in [0.2, 0.25) is 0 Å². The standard InChI is InChI=1S/C5H9NO/c1-2-7-5-3-6-4-5/h2,5-6H,1,3-4H2. The fourth-order valence-corrected chi connectivity index (χ4v) is 0.494. The zero-order valence-electron chi connectivity index (χ0n) is 4.18. The number of hydrogen-bond acceptors (Lipinski definition) is 2. The SMILES string of the molecule is C=COC1CNC1. The molecule has 0 saturated carbocycles. The van der Waals surface area contributed by atoms with Crippen LogP contribution in [0, 0.1) is 0 Å². The van der Waals surface area contributed by atoms with Gasteiger partial charge >= 0.3 is 0 Å². The second-order valence-corrected chi connectivity index (χ2v) is 1.58. The summed E-state index contributed by atoms with van der Waals surface area (Å²) in [5.41, 5.74) is 0. The molecule has 7 heavy (non-hydrogen) atoms. The fraction of sp³-hybridized carbons (Fsp3) is 0.600. The second kappa shape index (κ2) is 1.98. The summed E-state index contributed by atoms with van der Waals surface area (Å²) in [5.74, 6) is 0. The van der Waals surface area contributed by atoms with Crippen LogP contribution in [-0.2, 0) is 4.74 Å². The average Bonchev–Trinajstić information content (AvgIpc) is 1.55. The predicted molar refractivity (Wildman–Crippen MR) is 27.9 cm³/mol. The first kappa shape index (κ1) is 4.65. The minimum absolute atomic E-state index is 0.400. The van der Waals surface area contributed by atoms with E-state index in [2.05, 4.69) is 11.9 Å². The molecule has 1 N–H and O–H groups in total. The van der Waals surface area contributed by atoms with Crippen molar-refractivity contribution in [2.45, 2.75) is 6.10 Å². The maximum Gasteiger partial charge on any atom is 0.122 e. The molecule has 0 aromatic carbocycles. The van der Waals surface area contributed by atoms with Crippen LogP contribution in [0.4, 0.5) is 0 Å². The van der Waals surface area contributed by atoms with Gasteiger partial charge < -0.3 is 10.1 Å². The van der Waals surface area contributed by atoms with E-state index in [4.69, 9.17) is 4.74 Å². The van der Waals surface area contributed by atoms with E-state index in [9.17, 15) is 0 Å². The molecule has 2 nitrogen and oxygen atoms in total. The van der Waals surface area contributed by atoms with Gasteiger partial charge in [0.05, 0.1) is 6.26 Å². The lowest BCUT2D eigenvalue weighted by molar-refractivity contribution is 0.0949. The molecule has 0 amide bonds. The third-order valence-corrected chi connectivity index (χ3v) is 1.03. The molecular weight excluding hydrogens is 90.1 g/mol. The minimum atomic E-state index is 0.400. The molecule has 1 aliphatic heterocycles. The normalized spacial score (nSPS) is 20.6. The second-order valence-electron chi connectivity index (χ2n) is 1.58. The summed E-state index contributed by atoms with van der Waals surface area (Å²) in [6.45, 7) is 5.39. The van der Waals surface area contributed by atoms with Crippen LogP contribution in [0.15, 0.2) is 12.8 Å². The summed E-state index contributed by atoms with van der Waals surface area (Å²) in [4.78, 5) is 0. The zero-order valence-corrected chi connectivity index (χ0v) is 4.18. The lowest BCUT2D eigenvalue weighted by atomic mass is 10.2. The van der Waals surface area contributed by atoms with Crippen LogP contribution < -0.4 is 5.32 Å². The average molecular weight is 99.1 g/mol. The summed E-state index contributed by atoms with van der Waals surface area (Å²) in [6.07, 6.45) is 1.89. The molecule has 1 saturated heterocycles. The van der Waals surface area contributed by atoms with Gasteiger partial charge in [0.1, 0.15) is 6.10 Å². The van der Waals surface area contributed by atoms with E-state index in [0.717, 1.165) is 13.1 Å². The largest absolute Gasteiger partial charge is 0.496 e. The third kappa shape index (κ3) is 0.933. The molecule has 1 aliphatic rings. The molecule has 0 aromatic heterocycles. The van der Waals surface area contributed by atoms with Gasteiger partial charge in [-0.1, -0.05) is 6.58 Å². The Morgan fingerprint density at radius 2 is 2.43 bits per heavy atom. The summed E-state index contributed by atoms with van der Waals surface area (Å²) >= 11 is 0.